The minimum absolute atomic E-state index is 0.925. The molecule has 8 bridgehead atoms. The highest BCUT2D eigenvalue weighted by molar-refractivity contribution is 6.36. The minimum atomic E-state index is 0.925. The fourth-order valence-corrected chi connectivity index (χ4v) is 4.12. The van der Waals surface area contributed by atoms with Crippen LogP contribution in [0.2, 0.25) is 0 Å². The highest BCUT2D eigenvalue weighted by Gasteiger charge is 2.08. The average Bonchev–Trinajstić information content (AvgIpc) is 3.53. The van der Waals surface area contributed by atoms with Gasteiger partial charge in [0.1, 0.15) is 7.85 Å². The van der Waals surface area contributed by atoms with E-state index in [0.717, 1.165) is 50.4 Å². The van der Waals surface area contributed by atoms with Crippen molar-refractivity contribution in [2.45, 2.75) is 0 Å². The molecule has 0 radical (unpaired) electrons. The summed E-state index contributed by atoms with van der Waals surface area (Å²) in [6.07, 6.45) is 8.18. The van der Waals surface area contributed by atoms with E-state index < -0.39 is 0 Å². The topological polar surface area (TPSA) is 57.4 Å². The Bertz CT molecular complexity index is 1550. The van der Waals surface area contributed by atoms with E-state index >= 15 is 0 Å². The van der Waals surface area contributed by atoms with Gasteiger partial charge < -0.3 is 9.97 Å². The molecule has 2 N–H and O–H groups in total. The molecule has 0 unspecified atom stereocenters. The maximum absolute atomic E-state index is 4.79. The first-order valence-corrected chi connectivity index (χ1v) is 10.3. The van der Waals surface area contributed by atoms with Gasteiger partial charge in [0.2, 0.25) is 0 Å². The molecular weight excluding hydrogens is 379 g/mol. The number of nitrogens with one attached hydrogen (secondary N) is 2. The van der Waals surface area contributed by atoms with Crippen LogP contribution in [-0.4, -0.2) is 27.8 Å². The third-order valence-electron chi connectivity index (χ3n) is 5.60. The Hall–Kier alpha value is -4.12. The first-order chi connectivity index (χ1) is 15.2. The third kappa shape index (κ3) is 3.40. The number of aromatic amines is 2. The number of rotatable bonds is 1. The van der Waals surface area contributed by atoms with E-state index in [-0.39, 0.29) is 0 Å². The van der Waals surface area contributed by atoms with Crippen molar-refractivity contribution in [3.63, 3.8) is 0 Å². The van der Waals surface area contributed by atoms with Crippen LogP contribution >= 0.6 is 0 Å². The summed E-state index contributed by atoms with van der Waals surface area (Å²) in [4.78, 5) is 16.5. The minimum Gasteiger partial charge on any atom is -0.355 e. The van der Waals surface area contributed by atoms with Crippen molar-refractivity contribution in [3.8, 4) is 11.1 Å². The van der Waals surface area contributed by atoms with Crippen LogP contribution in [0.1, 0.15) is 22.8 Å². The number of hydrogen-bond acceptors (Lipinski definition) is 2. The third-order valence-corrected chi connectivity index (χ3v) is 5.60. The second kappa shape index (κ2) is 6.99. The zero-order valence-corrected chi connectivity index (χ0v) is 17.1. The predicted molar refractivity (Wildman–Crippen MR) is 132 cm³/mol. The van der Waals surface area contributed by atoms with Crippen LogP contribution in [0, 0.1) is 0 Å². The summed E-state index contributed by atoms with van der Waals surface area (Å²) in [6, 6.07) is 23.1. The van der Waals surface area contributed by atoms with Crippen LogP contribution in [0.15, 0.2) is 66.7 Å². The molecule has 0 amide bonds. The fourth-order valence-electron chi connectivity index (χ4n) is 4.12. The molecule has 1 aromatic carbocycles. The van der Waals surface area contributed by atoms with Gasteiger partial charge in [0.05, 0.1) is 22.8 Å². The Balaban J connectivity index is 1.69. The lowest BCUT2D eigenvalue weighted by molar-refractivity contribution is 1.31. The lowest BCUT2D eigenvalue weighted by Crippen LogP contribution is -2.04. The van der Waals surface area contributed by atoms with Crippen molar-refractivity contribution in [2.75, 3.05) is 0 Å². The van der Waals surface area contributed by atoms with Gasteiger partial charge in [-0.1, -0.05) is 29.7 Å². The van der Waals surface area contributed by atoms with E-state index in [1.165, 1.54) is 11.0 Å². The van der Waals surface area contributed by atoms with Crippen molar-refractivity contribution in [2.24, 2.45) is 0 Å². The molecule has 0 spiro atoms. The summed E-state index contributed by atoms with van der Waals surface area (Å²) in [7, 11) is 2.14. The van der Waals surface area contributed by atoms with Gasteiger partial charge in [-0.2, -0.15) is 0 Å². The molecule has 0 saturated carbocycles. The summed E-state index contributed by atoms with van der Waals surface area (Å²) in [5.74, 6) is 0. The molecular formula is C26H19BN4. The number of H-pyrrole nitrogens is 2. The lowest BCUT2D eigenvalue weighted by Gasteiger charge is -2.03. The molecule has 4 aromatic rings. The molecule has 2 aliphatic rings. The SMILES string of the molecule is Bc1ccccc1-c1cc2cc3nc(cc4ccc(cc5nc(cc1[nH]2)C=C5)[nH]4)C=C3. The predicted octanol–water partition coefficient (Wildman–Crippen LogP) is 4.58. The van der Waals surface area contributed by atoms with Crippen LogP contribution in [0.25, 0.3) is 57.5 Å². The van der Waals surface area contributed by atoms with E-state index in [4.69, 9.17) is 9.97 Å². The number of nitrogens with zero attached hydrogens (tertiary/aromatic N) is 2. The maximum atomic E-state index is 4.79. The summed E-state index contributed by atoms with van der Waals surface area (Å²) in [5.41, 5.74) is 11.4. The van der Waals surface area contributed by atoms with Crippen molar-refractivity contribution >= 4 is 59.7 Å². The summed E-state index contributed by atoms with van der Waals surface area (Å²) in [5, 5.41) is 0. The molecule has 5 heteroatoms. The van der Waals surface area contributed by atoms with Crippen molar-refractivity contribution in [1.82, 2.24) is 19.9 Å². The largest absolute Gasteiger partial charge is 0.355 e. The Morgan fingerprint density at radius 3 is 1.77 bits per heavy atom. The fraction of sp³-hybridized carbons (Fsp3) is 0. The van der Waals surface area contributed by atoms with E-state index in [0.29, 0.717) is 0 Å². The number of benzene rings is 1. The molecule has 31 heavy (non-hydrogen) atoms. The standard InChI is InChI=1S/C26H19BN4/c27-25-4-2-1-3-23(25)24-14-22-13-20-8-7-18(29-20)11-16-5-6-17(28-16)12-19-9-10-21(30-19)15-26(24)31-22/h1-15,28,31H,27H2. The van der Waals surface area contributed by atoms with Crippen LogP contribution in [0.4, 0.5) is 0 Å². The normalized spacial score (nSPS) is 12.4. The summed E-state index contributed by atoms with van der Waals surface area (Å²) >= 11 is 0. The van der Waals surface area contributed by atoms with E-state index in [9.17, 15) is 0 Å². The molecule has 5 heterocycles. The van der Waals surface area contributed by atoms with Crippen molar-refractivity contribution in [1.29, 1.82) is 0 Å². The molecule has 0 atom stereocenters. The molecule has 146 valence electrons. The molecule has 0 aliphatic carbocycles. The Morgan fingerprint density at radius 1 is 0.548 bits per heavy atom. The quantitative estimate of drug-likeness (QED) is 0.399. The maximum Gasteiger partial charge on any atom is 0.140 e. The smallest absolute Gasteiger partial charge is 0.140 e. The number of fused-ring (bicyclic) bond motifs is 8. The molecule has 4 nitrogen and oxygen atoms in total. The Labute approximate surface area is 180 Å². The van der Waals surface area contributed by atoms with Gasteiger partial charge in [-0.15, -0.1) is 0 Å². The van der Waals surface area contributed by atoms with Gasteiger partial charge in [0.25, 0.3) is 0 Å². The summed E-state index contributed by atoms with van der Waals surface area (Å²) in [6.45, 7) is 0. The summed E-state index contributed by atoms with van der Waals surface area (Å²) < 4.78 is 0. The van der Waals surface area contributed by atoms with Gasteiger partial charge in [-0.25, -0.2) is 9.97 Å². The Morgan fingerprint density at radius 2 is 1.13 bits per heavy atom. The highest BCUT2D eigenvalue weighted by Crippen LogP contribution is 2.26. The van der Waals surface area contributed by atoms with Gasteiger partial charge in [-0.05, 0) is 72.3 Å². The molecule has 6 rings (SSSR count). The second-order valence-corrected chi connectivity index (χ2v) is 7.90. The van der Waals surface area contributed by atoms with Crippen LogP contribution in [0.5, 0.6) is 0 Å². The van der Waals surface area contributed by atoms with Gasteiger partial charge in [-0.3, -0.25) is 0 Å². The second-order valence-electron chi connectivity index (χ2n) is 7.90. The zero-order chi connectivity index (χ0) is 20.8. The van der Waals surface area contributed by atoms with Gasteiger partial charge in [0, 0.05) is 27.6 Å². The molecule has 3 aromatic heterocycles. The number of hydrogen-bond donors (Lipinski definition) is 2. The molecule has 0 saturated heterocycles. The lowest BCUT2D eigenvalue weighted by atomic mass is 9.87. The zero-order valence-electron chi connectivity index (χ0n) is 17.1. The first-order valence-electron chi connectivity index (χ1n) is 10.3. The van der Waals surface area contributed by atoms with Crippen molar-refractivity contribution < 1.29 is 0 Å². The number of aromatic nitrogens is 4. The first kappa shape index (κ1) is 17.7. The van der Waals surface area contributed by atoms with Gasteiger partial charge in [0.15, 0.2) is 0 Å². The molecule has 2 aliphatic heterocycles. The average molecular weight is 398 g/mol. The molecule has 0 fully saturated rings. The van der Waals surface area contributed by atoms with E-state index in [1.54, 1.807) is 0 Å². The van der Waals surface area contributed by atoms with Crippen LogP contribution in [0.3, 0.4) is 0 Å². The highest BCUT2D eigenvalue weighted by atomic mass is 14.8. The van der Waals surface area contributed by atoms with E-state index in [2.05, 4.69) is 90.6 Å². The van der Waals surface area contributed by atoms with Crippen molar-refractivity contribution in [3.05, 3.63) is 89.5 Å². The van der Waals surface area contributed by atoms with Gasteiger partial charge >= 0.3 is 0 Å². The Kier molecular flexibility index (Phi) is 4.00. The van der Waals surface area contributed by atoms with Crippen LogP contribution < -0.4 is 5.46 Å². The van der Waals surface area contributed by atoms with E-state index in [1.807, 2.05) is 18.2 Å². The van der Waals surface area contributed by atoms with Crippen LogP contribution in [-0.2, 0) is 0 Å². The monoisotopic (exact) mass is 398 g/mol.